The molecule has 3 heteroatoms. The zero-order chi connectivity index (χ0) is 12.1. The molecule has 0 bridgehead atoms. The Hall–Kier alpha value is -1.38. The van der Waals surface area contributed by atoms with Crippen LogP contribution in [0.15, 0.2) is 24.3 Å². The van der Waals surface area contributed by atoms with Gasteiger partial charge in [-0.05, 0) is 25.0 Å². The summed E-state index contributed by atoms with van der Waals surface area (Å²) < 4.78 is 13.3. The maximum Gasteiger partial charge on any atom is 0.254 e. The van der Waals surface area contributed by atoms with Crippen LogP contribution in [0.25, 0.3) is 0 Å². The van der Waals surface area contributed by atoms with Gasteiger partial charge in [0.25, 0.3) is 5.91 Å². The van der Waals surface area contributed by atoms with E-state index in [1.54, 1.807) is 12.1 Å². The number of benzene rings is 1. The summed E-state index contributed by atoms with van der Waals surface area (Å²) in [5.74, 6) is -0.432. The zero-order valence-electron chi connectivity index (χ0n) is 9.96. The number of rotatable bonds is 4. The molecule has 2 unspecified atom stereocenters. The van der Waals surface area contributed by atoms with E-state index in [0.717, 1.165) is 6.42 Å². The summed E-state index contributed by atoms with van der Waals surface area (Å²) in [6.07, 6.45) is 0.985. The molecule has 0 radical (unpaired) electrons. The van der Waals surface area contributed by atoms with Crippen molar-refractivity contribution in [1.82, 2.24) is 5.32 Å². The SMILES string of the molecule is CCC(C)C(C)NC(=O)c1ccccc1F. The Kier molecular flexibility index (Phi) is 4.47. The molecule has 0 heterocycles. The maximum atomic E-state index is 13.3. The molecule has 0 spiro atoms. The van der Waals surface area contributed by atoms with Crippen molar-refractivity contribution in [1.29, 1.82) is 0 Å². The lowest BCUT2D eigenvalue weighted by atomic mass is 10.0. The van der Waals surface area contributed by atoms with Crippen molar-refractivity contribution < 1.29 is 9.18 Å². The smallest absolute Gasteiger partial charge is 0.254 e. The Bertz CT molecular complexity index is 365. The van der Waals surface area contributed by atoms with E-state index in [2.05, 4.69) is 19.2 Å². The minimum atomic E-state index is -0.476. The first-order chi connectivity index (χ1) is 7.56. The lowest BCUT2D eigenvalue weighted by Gasteiger charge is -2.19. The van der Waals surface area contributed by atoms with Crippen molar-refractivity contribution >= 4 is 5.91 Å². The lowest BCUT2D eigenvalue weighted by Crippen LogP contribution is -2.37. The van der Waals surface area contributed by atoms with Crippen molar-refractivity contribution in [3.05, 3.63) is 35.6 Å². The molecule has 0 aliphatic heterocycles. The van der Waals surface area contributed by atoms with Crippen LogP contribution in [0.3, 0.4) is 0 Å². The average molecular weight is 223 g/mol. The van der Waals surface area contributed by atoms with Gasteiger partial charge in [-0.1, -0.05) is 32.4 Å². The van der Waals surface area contributed by atoms with Gasteiger partial charge >= 0.3 is 0 Å². The number of amides is 1. The summed E-state index contributed by atoms with van der Waals surface area (Å²) in [6.45, 7) is 6.07. The molecule has 0 aliphatic carbocycles. The van der Waals surface area contributed by atoms with Crippen molar-refractivity contribution in [3.8, 4) is 0 Å². The summed E-state index contributed by atoms with van der Waals surface area (Å²) >= 11 is 0. The number of hydrogen-bond donors (Lipinski definition) is 1. The van der Waals surface area contributed by atoms with Crippen molar-refractivity contribution in [2.45, 2.75) is 33.2 Å². The van der Waals surface area contributed by atoms with E-state index in [1.165, 1.54) is 12.1 Å². The minimum Gasteiger partial charge on any atom is -0.349 e. The Morgan fingerprint density at radius 3 is 2.56 bits per heavy atom. The summed E-state index contributed by atoms with van der Waals surface area (Å²) in [5.41, 5.74) is 0.109. The van der Waals surface area contributed by atoms with Gasteiger partial charge in [0, 0.05) is 6.04 Å². The highest BCUT2D eigenvalue weighted by Crippen LogP contribution is 2.10. The van der Waals surface area contributed by atoms with Crippen LogP contribution in [0.5, 0.6) is 0 Å². The molecule has 0 aliphatic rings. The van der Waals surface area contributed by atoms with Crippen LogP contribution in [0.2, 0.25) is 0 Å². The fourth-order valence-corrected chi connectivity index (χ4v) is 1.43. The molecule has 1 aromatic carbocycles. The van der Waals surface area contributed by atoms with Gasteiger partial charge in [0.05, 0.1) is 5.56 Å². The summed E-state index contributed by atoms with van der Waals surface area (Å²) in [5, 5.41) is 2.81. The van der Waals surface area contributed by atoms with Crippen LogP contribution in [0.1, 0.15) is 37.6 Å². The number of carbonyl (C=O) groups excluding carboxylic acids is 1. The molecule has 16 heavy (non-hydrogen) atoms. The quantitative estimate of drug-likeness (QED) is 0.835. The highest BCUT2D eigenvalue weighted by molar-refractivity contribution is 5.94. The standard InChI is InChI=1S/C13H18FNO/c1-4-9(2)10(3)15-13(16)11-7-5-6-8-12(11)14/h5-10H,4H2,1-3H3,(H,15,16). The van der Waals surface area contributed by atoms with Gasteiger partial charge in [-0.2, -0.15) is 0 Å². The Labute approximate surface area is 95.9 Å². The summed E-state index contributed by atoms with van der Waals surface area (Å²) in [6, 6.07) is 6.07. The van der Waals surface area contributed by atoms with Gasteiger partial charge in [-0.25, -0.2) is 4.39 Å². The number of hydrogen-bond acceptors (Lipinski definition) is 1. The average Bonchev–Trinajstić information content (AvgIpc) is 2.28. The van der Waals surface area contributed by atoms with Crippen LogP contribution in [-0.4, -0.2) is 11.9 Å². The molecular weight excluding hydrogens is 205 g/mol. The van der Waals surface area contributed by atoms with E-state index in [9.17, 15) is 9.18 Å². The van der Waals surface area contributed by atoms with E-state index in [4.69, 9.17) is 0 Å². The Morgan fingerprint density at radius 2 is 2.00 bits per heavy atom. The molecule has 0 fully saturated rings. The third kappa shape index (κ3) is 3.05. The largest absolute Gasteiger partial charge is 0.349 e. The fraction of sp³-hybridized carbons (Fsp3) is 0.462. The predicted octanol–water partition coefficient (Wildman–Crippen LogP) is 2.99. The maximum absolute atomic E-state index is 13.3. The van der Waals surface area contributed by atoms with E-state index < -0.39 is 5.82 Å². The van der Waals surface area contributed by atoms with Gasteiger partial charge in [0.1, 0.15) is 5.82 Å². The second-order valence-corrected chi connectivity index (χ2v) is 4.13. The molecule has 0 saturated heterocycles. The second-order valence-electron chi connectivity index (χ2n) is 4.13. The molecule has 88 valence electrons. The first kappa shape index (κ1) is 12.7. The van der Waals surface area contributed by atoms with Gasteiger partial charge in [0.15, 0.2) is 0 Å². The fourth-order valence-electron chi connectivity index (χ4n) is 1.43. The topological polar surface area (TPSA) is 29.1 Å². The molecule has 1 amide bonds. The van der Waals surface area contributed by atoms with E-state index in [1.807, 2.05) is 6.92 Å². The second kappa shape index (κ2) is 5.64. The number of carbonyl (C=O) groups is 1. The van der Waals surface area contributed by atoms with Crippen LogP contribution in [-0.2, 0) is 0 Å². The van der Waals surface area contributed by atoms with E-state index in [0.29, 0.717) is 5.92 Å². The minimum absolute atomic E-state index is 0.0529. The van der Waals surface area contributed by atoms with E-state index >= 15 is 0 Å². The van der Waals surface area contributed by atoms with Crippen LogP contribution >= 0.6 is 0 Å². The molecule has 1 rings (SSSR count). The molecule has 1 N–H and O–H groups in total. The first-order valence-electron chi connectivity index (χ1n) is 5.61. The van der Waals surface area contributed by atoms with Crippen LogP contribution < -0.4 is 5.32 Å². The lowest BCUT2D eigenvalue weighted by molar-refractivity contribution is 0.0924. The predicted molar refractivity (Wildman–Crippen MR) is 62.8 cm³/mol. The molecule has 0 saturated carbocycles. The summed E-state index contributed by atoms with van der Waals surface area (Å²) in [7, 11) is 0. The molecule has 0 aromatic heterocycles. The highest BCUT2D eigenvalue weighted by Gasteiger charge is 2.16. The number of nitrogens with one attached hydrogen (secondary N) is 1. The molecule has 2 nitrogen and oxygen atoms in total. The third-order valence-corrected chi connectivity index (χ3v) is 2.97. The summed E-state index contributed by atoms with van der Waals surface area (Å²) in [4.78, 5) is 11.7. The van der Waals surface area contributed by atoms with E-state index in [-0.39, 0.29) is 17.5 Å². The van der Waals surface area contributed by atoms with Gasteiger partial charge in [-0.15, -0.1) is 0 Å². The Morgan fingerprint density at radius 1 is 1.38 bits per heavy atom. The number of halogens is 1. The first-order valence-corrected chi connectivity index (χ1v) is 5.61. The molecular formula is C13H18FNO. The van der Waals surface area contributed by atoms with Crippen molar-refractivity contribution in [2.75, 3.05) is 0 Å². The monoisotopic (exact) mass is 223 g/mol. The van der Waals surface area contributed by atoms with Crippen LogP contribution in [0, 0.1) is 11.7 Å². The molecule has 2 atom stereocenters. The normalized spacial score (nSPS) is 14.2. The highest BCUT2D eigenvalue weighted by atomic mass is 19.1. The molecule has 1 aromatic rings. The van der Waals surface area contributed by atoms with Gasteiger partial charge < -0.3 is 5.32 Å². The van der Waals surface area contributed by atoms with Gasteiger partial charge in [0.2, 0.25) is 0 Å². The zero-order valence-corrected chi connectivity index (χ0v) is 9.96. The van der Waals surface area contributed by atoms with Crippen molar-refractivity contribution in [2.24, 2.45) is 5.92 Å². The van der Waals surface area contributed by atoms with Crippen molar-refractivity contribution in [3.63, 3.8) is 0 Å². The third-order valence-electron chi connectivity index (χ3n) is 2.97. The van der Waals surface area contributed by atoms with Gasteiger partial charge in [-0.3, -0.25) is 4.79 Å². The van der Waals surface area contributed by atoms with Crippen LogP contribution in [0.4, 0.5) is 4.39 Å². The Balaban J connectivity index is 2.70.